The molecule has 0 saturated carbocycles. The molecule has 0 aliphatic heterocycles. The van der Waals surface area contributed by atoms with Crippen LogP contribution in [0.15, 0.2) is 60.7 Å². The summed E-state index contributed by atoms with van der Waals surface area (Å²) >= 11 is 6.50. The summed E-state index contributed by atoms with van der Waals surface area (Å²) in [5, 5.41) is 1.51. The van der Waals surface area contributed by atoms with Crippen LogP contribution >= 0.6 is 11.6 Å². The molecule has 0 saturated heterocycles. The topological polar surface area (TPSA) is 33.2 Å². The van der Waals surface area contributed by atoms with Crippen molar-refractivity contribution in [3.63, 3.8) is 0 Å². The first kappa shape index (κ1) is 21.3. The number of amides is 1. The molecule has 1 heterocycles. The average Bonchev–Trinajstić information content (AvgIpc) is 2.74. The average molecular weight is 409 g/mol. The van der Waals surface area contributed by atoms with Crippen molar-refractivity contribution in [3.05, 3.63) is 76.9 Å². The molecule has 4 heteroatoms. The first-order valence-electron chi connectivity index (χ1n) is 10.5. The minimum absolute atomic E-state index is 0.0471. The Bertz CT molecular complexity index is 942. The standard InChI is InChI=1S/C25H29ClN2O/c1-3-5-13-20(4-2)25(29)28(17-19-11-7-6-8-12-19)18-22-16-21-14-9-10-15-23(21)27-24(22)26/h6-12,14-16,20H,3-5,13,17-18H2,1-2H3. The van der Waals surface area contributed by atoms with Crippen LogP contribution in [-0.4, -0.2) is 15.8 Å². The van der Waals surface area contributed by atoms with Gasteiger partial charge in [0.05, 0.1) is 5.52 Å². The highest BCUT2D eigenvalue weighted by Crippen LogP contribution is 2.25. The molecule has 3 nitrogen and oxygen atoms in total. The lowest BCUT2D eigenvalue weighted by atomic mass is 9.97. The van der Waals surface area contributed by atoms with E-state index in [9.17, 15) is 4.79 Å². The minimum atomic E-state index is 0.0471. The van der Waals surface area contributed by atoms with E-state index in [1.54, 1.807) is 0 Å². The fourth-order valence-corrected chi connectivity index (χ4v) is 3.88. The summed E-state index contributed by atoms with van der Waals surface area (Å²) in [5.41, 5.74) is 2.88. The maximum atomic E-state index is 13.4. The second kappa shape index (κ2) is 10.4. The Morgan fingerprint density at radius 3 is 2.48 bits per heavy atom. The SMILES string of the molecule is CCCCC(CC)C(=O)N(Cc1ccccc1)Cc1cc2ccccc2nc1Cl. The van der Waals surface area contributed by atoms with Crippen molar-refractivity contribution in [2.24, 2.45) is 5.92 Å². The monoisotopic (exact) mass is 408 g/mol. The van der Waals surface area contributed by atoms with Crippen molar-refractivity contribution in [1.29, 1.82) is 0 Å². The maximum Gasteiger partial charge on any atom is 0.226 e. The van der Waals surface area contributed by atoms with Gasteiger partial charge in [-0.25, -0.2) is 4.98 Å². The molecule has 0 fully saturated rings. The normalized spacial score (nSPS) is 12.1. The number of pyridine rings is 1. The fourth-order valence-electron chi connectivity index (χ4n) is 3.68. The van der Waals surface area contributed by atoms with Gasteiger partial charge in [-0.05, 0) is 30.5 Å². The summed E-state index contributed by atoms with van der Waals surface area (Å²) in [4.78, 5) is 19.9. The predicted molar refractivity (Wildman–Crippen MR) is 121 cm³/mol. The number of hydrogen-bond donors (Lipinski definition) is 0. The highest BCUT2D eigenvalue weighted by atomic mass is 35.5. The molecule has 152 valence electrons. The highest BCUT2D eigenvalue weighted by molar-refractivity contribution is 6.30. The van der Waals surface area contributed by atoms with Gasteiger partial charge in [-0.2, -0.15) is 0 Å². The molecule has 1 amide bonds. The van der Waals surface area contributed by atoms with E-state index in [2.05, 4.69) is 37.0 Å². The number of carbonyl (C=O) groups excluding carboxylic acids is 1. The van der Waals surface area contributed by atoms with Gasteiger partial charge in [0.15, 0.2) is 0 Å². The third-order valence-corrected chi connectivity index (χ3v) is 5.71. The van der Waals surface area contributed by atoms with Crippen molar-refractivity contribution >= 4 is 28.4 Å². The van der Waals surface area contributed by atoms with Gasteiger partial charge in [0.2, 0.25) is 5.91 Å². The maximum absolute atomic E-state index is 13.4. The molecule has 1 unspecified atom stereocenters. The number of nitrogens with zero attached hydrogens (tertiary/aromatic N) is 2. The third-order valence-electron chi connectivity index (χ3n) is 5.39. The predicted octanol–water partition coefficient (Wildman–Crippen LogP) is 6.63. The van der Waals surface area contributed by atoms with Crippen LogP contribution in [-0.2, 0) is 17.9 Å². The van der Waals surface area contributed by atoms with Gasteiger partial charge in [-0.15, -0.1) is 0 Å². The summed E-state index contributed by atoms with van der Waals surface area (Å²) < 4.78 is 0. The van der Waals surface area contributed by atoms with Crippen LogP contribution in [0.5, 0.6) is 0 Å². The molecule has 0 radical (unpaired) electrons. The summed E-state index contributed by atoms with van der Waals surface area (Å²) in [5.74, 6) is 0.250. The molecule has 0 spiro atoms. The van der Waals surface area contributed by atoms with Gasteiger partial charge in [-0.1, -0.05) is 86.8 Å². The zero-order chi connectivity index (χ0) is 20.6. The van der Waals surface area contributed by atoms with Crippen molar-refractivity contribution in [2.75, 3.05) is 0 Å². The molecule has 3 rings (SSSR count). The first-order chi connectivity index (χ1) is 14.1. The molecule has 0 aliphatic carbocycles. The van der Waals surface area contributed by atoms with Crippen molar-refractivity contribution in [2.45, 2.75) is 52.6 Å². The van der Waals surface area contributed by atoms with Crippen LogP contribution in [0.4, 0.5) is 0 Å². The summed E-state index contributed by atoms with van der Waals surface area (Å²) in [7, 11) is 0. The fraction of sp³-hybridized carbons (Fsp3) is 0.360. The lowest BCUT2D eigenvalue weighted by Gasteiger charge is -2.28. The summed E-state index contributed by atoms with van der Waals surface area (Å²) in [6.07, 6.45) is 3.96. The second-order valence-electron chi connectivity index (χ2n) is 7.56. The number of aromatic nitrogens is 1. The van der Waals surface area contributed by atoms with E-state index < -0.39 is 0 Å². The molecule has 0 aliphatic rings. The first-order valence-corrected chi connectivity index (χ1v) is 10.9. The lowest BCUT2D eigenvalue weighted by molar-refractivity contribution is -0.137. The molecule has 29 heavy (non-hydrogen) atoms. The van der Waals surface area contributed by atoms with E-state index in [0.29, 0.717) is 18.2 Å². The van der Waals surface area contributed by atoms with Gasteiger partial charge >= 0.3 is 0 Å². The van der Waals surface area contributed by atoms with Gasteiger partial charge in [0.1, 0.15) is 5.15 Å². The van der Waals surface area contributed by atoms with Gasteiger partial charge in [0.25, 0.3) is 0 Å². The Hall–Kier alpha value is -2.39. The van der Waals surface area contributed by atoms with Crippen molar-refractivity contribution in [3.8, 4) is 0 Å². The minimum Gasteiger partial charge on any atom is -0.334 e. The van der Waals surface area contributed by atoms with E-state index in [1.165, 1.54) is 0 Å². The van der Waals surface area contributed by atoms with Crippen LogP contribution in [0.3, 0.4) is 0 Å². The molecule has 2 aromatic carbocycles. The summed E-state index contributed by atoms with van der Waals surface area (Å²) in [6.45, 7) is 5.31. The Labute approximate surface area is 178 Å². The number of para-hydroxylation sites is 1. The Kier molecular flexibility index (Phi) is 7.65. The van der Waals surface area contributed by atoms with Gasteiger partial charge in [0, 0.05) is 30.0 Å². The second-order valence-corrected chi connectivity index (χ2v) is 7.92. The summed E-state index contributed by atoms with van der Waals surface area (Å²) in [6, 6.07) is 20.1. The number of hydrogen-bond acceptors (Lipinski definition) is 2. The third kappa shape index (κ3) is 5.57. The van der Waals surface area contributed by atoms with E-state index in [-0.39, 0.29) is 11.8 Å². The molecular formula is C25H29ClN2O. The number of unbranched alkanes of at least 4 members (excludes halogenated alkanes) is 1. The Morgan fingerprint density at radius 2 is 1.76 bits per heavy atom. The zero-order valence-corrected chi connectivity index (χ0v) is 18.0. The molecule has 1 atom stereocenters. The molecular weight excluding hydrogens is 380 g/mol. The number of carbonyl (C=O) groups is 1. The van der Waals surface area contributed by atoms with Crippen LogP contribution < -0.4 is 0 Å². The van der Waals surface area contributed by atoms with Crippen molar-refractivity contribution in [1.82, 2.24) is 9.88 Å². The quantitative estimate of drug-likeness (QED) is 0.372. The van der Waals surface area contributed by atoms with E-state index in [0.717, 1.165) is 47.7 Å². The largest absolute Gasteiger partial charge is 0.334 e. The van der Waals surface area contributed by atoms with E-state index >= 15 is 0 Å². The van der Waals surface area contributed by atoms with Crippen molar-refractivity contribution < 1.29 is 4.79 Å². The number of rotatable bonds is 9. The molecule has 0 bridgehead atoms. The molecule has 0 N–H and O–H groups in total. The van der Waals surface area contributed by atoms with E-state index in [4.69, 9.17) is 11.6 Å². The lowest BCUT2D eigenvalue weighted by Crippen LogP contribution is -2.35. The number of fused-ring (bicyclic) bond motifs is 1. The molecule has 1 aromatic heterocycles. The zero-order valence-electron chi connectivity index (χ0n) is 17.3. The molecule has 3 aromatic rings. The van der Waals surface area contributed by atoms with Crippen LogP contribution in [0.1, 0.15) is 50.7 Å². The smallest absolute Gasteiger partial charge is 0.226 e. The van der Waals surface area contributed by atoms with Crippen LogP contribution in [0.25, 0.3) is 10.9 Å². The Balaban J connectivity index is 1.90. The van der Waals surface area contributed by atoms with E-state index in [1.807, 2.05) is 47.4 Å². The number of halogens is 1. The van der Waals surface area contributed by atoms with Crippen LogP contribution in [0.2, 0.25) is 5.15 Å². The van der Waals surface area contributed by atoms with Crippen LogP contribution in [0, 0.1) is 5.92 Å². The van der Waals surface area contributed by atoms with Gasteiger partial charge in [-0.3, -0.25) is 4.79 Å². The van der Waals surface area contributed by atoms with Gasteiger partial charge < -0.3 is 4.90 Å². The number of benzene rings is 2. The Morgan fingerprint density at radius 1 is 1.03 bits per heavy atom. The highest BCUT2D eigenvalue weighted by Gasteiger charge is 2.24.